The van der Waals surface area contributed by atoms with E-state index in [0.29, 0.717) is 5.75 Å². The maximum absolute atomic E-state index is 11.7. The van der Waals surface area contributed by atoms with Crippen molar-refractivity contribution in [1.82, 2.24) is 5.32 Å². The molecule has 3 rings (SSSR count). The first-order chi connectivity index (χ1) is 13.4. The third-order valence-electron chi connectivity index (χ3n) is 4.11. The van der Waals surface area contributed by atoms with Crippen LogP contribution in [0.3, 0.4) is 0 Å². The number of para-hydroxylation sites is 1. The summed E-state index contributed by atoms with van der Waals surface area (Å²) in [6, 6.07) is 13.3. The van der Waals surface area contributed by atoms with Crippen LogP contribution in [-0.4, -0.2) is 33.6 Å². The zero-order valence-electron chi connectivity index (χ0n) is 15.4. The summed E-state index contributed by atoms with van der Waals surface area (Å²) in [5, 5.41) is 18.9. The summed E-state index contributed by atoms with van der Waals surface area (Å²) < 4.78 is 5.97. The summed E-state index contributed by atoms with van der Waals surface area (Å²) >= 11 is 1.06. The van der Waals surface area contributed by atoms with E-state index >= 15 is 0 Å². The lowest BCUT2D eigenvalue weighted by atomic mass is 10.1. The fraction of sp³-hybridized carbons (Fsp3) is 0.200. The van der Waals surface area contributed by atoms with Crippen molar-refractivity contribution in [2.45, 2.75) is 25.5 Å². The number of carbonyl (C=O) groups excluding carboxylic acids is 1. The van der Waals surface area contributed by atoms with E-state index in [2.05, 4.69) is 15.5 Å². The topological polar surface area (TPSA) is 100 Å². The van der Waals surface area contributed by atoms with Crippen molar-refractivity contribution in [3.05, 3.63) is 59.2 Å². The highest BCUT2D eigenvalue weighted by molar-refractivity contribution is 8.15. The molecule has 2 N–H and O–H groups in total. The summed E-state index contributed by atoms with van der Waals surface area (Å²) in [6.45, 7) is 4.07. The third-order valence-corrected chi connectivity index (χ3v) is 5.18. The van der Waals surface area contributed by atoms with E-state index in [1.165, 1.54) is 11.8 Å². The average Bonchev–Trinajstić information content (AvgIpc) is 2.98. The highest BCUT2D eigenvalue weighted by atomic mass is 32.2. The summed E-state index contributed by atoms with van der Waals surface area (Å²) in [4.78, 5) is 22.5. The van der Waals surface area contributed by atoms with E-state index in [1.807, 2.05) is 56.3 Å². The lowest BCUT2D eigenvalue weighted by Crippen LogP contribution is -2.26. The Bertz CT molecular complexity index is 972. The number of amidine groups is 1. The molecule has 1 aliphatic heterocycles. The Morgan fingerprint density at radius 3 is 2.79 bits per heavy atom. The number of amides is 1. The van der Waals surface area contributed by atoms with Crippen LogP contribution in [0.4, 0.5) is 0 Å². The van der Waals surface area contributed by atoms with Crippen LogP contribution in [-0.2, 0) is 9.59 Å². The van der Waals surface area contributed by atoms with Gasteiger partial charge in [-0.25, -0.2) is 0 Å². The highest BCUT2D eigenvalue weighted by Crippen LogP contribution is 2.26. The Balaban J connectivity index is 1.72. The number of ether oxygens (including phenoxy) is 1. The van der Waals surface area contributed by atoms with Gasteiger partial charge >= 0.3 is 5.97 Å². The second kappa shape index (κ2) is 8.71. The number of nitrogens with zero attached hydrogens (tertiary/aromatic N) is 2. The smallest absolute Gasteiger partial charge is 0.305 e. The maximum atomic E-state index is 11.7. The molecule has 2 aromatic carbocycles. The molecule has 8 heteroatoms. The molecule has 1 unspecified atom stereocenters. The van der Waals surface area contributed by atoms with Gasteiger partial charge in [0, 0.05) is 5.56 Å². The Hall–Kier alpha value is -3.13. The molecule has 0 radical (unpaired) electrons. The van der Waals surface area contributed by atoms with Crippen molar-refractivity contribution in [2.24, 2.45) is 10.2 Å². The number of aliphatic carboxylic acids is 1. The van der Waals surface area contributed by atoms with E-state index in [0.717, 1.165) is 28.6 Å². The van der Waals surface area contributed by atoms with Crippen LogP contribution >= 0.6 is 11.8 Å². The largest absolute Gasteiger partial charge is 0.481 e. The first kappa shape index (κ1) is 19.6. The number of hydrogen-bond acceptors (Lipinski definition) is 6. The van der Waals surface area contributed by atoms with Crippen LogP contribution in [0, 0.1) is 13.8 Å². The first-order valence-corrected chi connectivity index (χ1v) is 9.45. The Morgan fingerprint density at radius 1 is 1.25 bits per heavy atom. The van der Waals surface area contributed by atoms with Gasteiger partial charge in [0.05, 0.1) is 12.6 Å². The van der Waals surface area contributed by atoms with Crippen molar-refractivity contribution in [3.63, 3.8) is 0 Å². The molecule has 144 valence electrons. The van der Waals surface area contributed by atoms with Crippen molar-refractivity contribution in [1.29, 1.82) is 0 Å². The molecular formula is C20H19N3O4S. The van der Waals surface area contributed by atoms with Gasteiger partial charge in [-0.3, -0.25) is 9.59 Å². The Labute approximate surface area is 166 Å². The van der Waals surface area contributed by atoms with Gasteiger partial charge in [-0.2, -0.15) is 5.10 Å². The fourth-order valence-corrected chi connectivity index (χ4v) is 3.39. The lowest BCUT2D eigenvalue weighted by Gasteiger charge is -2.10. The number of carbonyl (C=O) groups is 2. The van der Waals surface area contributed by atoms with Crippen LogP contribution < -0.4 is 10.1 Å². The third kappa shape index (κ3) is 4.98. The number of hydrogen-bond donors (Lipinski definition) is 2. The second-order valence-corrected chi connectivity index (χ2v) is 7.42. The van der Waals surface area contributed by atoms with Crippen molar-refractivity contribution in [3.8, 4) is 11.5 Å². The SMILES string of the molecule is Cc1ccc(Oc2ccccc2C=NN=C2NC(=O)C(CC(=O)O)S2)cc1C. The van der Waals surface area contributed by atoms with Crippen LogP contribution in [0.25, 0.3) is 0 Å². The minimum absolute atomic E-state index is 0.258. The molecule has 0 bridgehead atoms. The molecule has 1 aliphatic rings. The monoisotopic (exact) mass is 397 g/mol. The van der Waals surface area contributed by atoms with Gasteiger partial charge in [-0.1, -0.05) is 30.0 Å². The van der Waals surface area contributed by atoms with E-state index in [4.69, 9.17) is 9.84 Å². The molecule has 0 spiro atoms. The minimum Gasteiger partial charge on any atom is -0.481 e. The van der Waals surface area contributed by atoms with Crippen LogP contribution in [0.5, 0.6) is 11.5 Å². The van der Waals surface area contributed by atoms with E-state index in [-0.39, 0.29) is 17.5 Å². The predicted octanol–water partition coefficient (Wildman–Crippen LogP) is 3.49. The molecule has 28 heavy (non-hydrogen) atoms. The quantitative estimate of drug-likeness (QED) is 0.574. The standard InChI is InChI=1S/C20H19N3O4S/c1-12-7-8-15(9-13(12)2)27-16-6-4-3-5-14(16)11-21-23-20-22-19(26)17(28-20)10-18(24)25/h3-9,11,17H,10H2,1-2H3,(H,24,25)(H,22,23,26). The van der Waals surface area contributed by atoms with Gasteiger partial charge in [0.25, 0.3) is 0 Å². The number of thioether (sulfide) groups is 1. The number of rotatable bonds is 6. The predicted molar refractivity (Wildman–Crippen MR) is 109 cm³/mol. The van der Waals surface area contributed by atoms with Gasteiger partial charge in [-0.15, -0.1) is 5.10 Å². The van der Waals surface area contributed by atoms with E-state index in [1.54, 1.807) is 0 Å². The zero-order valence-corrected chi connectivity index (χ0v) is 16.2. The molecule has 0 aromatic heterocycles. The Morgan fingerprint density at radius 2 is 2.04 bits per heavy atom. The molecule has 1 saturated heterocycles. The van der Waals surface area contributed by atoms with Crippen molar-refractivity contribution >= 4 is 35.0 Å². The molecule has 0 saturated carbocycles. The molecule has 1 heterocycles. The zero-order chi connectivity index (χ0) is 20.1. The number of nitrogens with one attached hydrogen (secondary N) is 1. The number of carboxylic acid groups (broad SMARTS) is 1. The van der Waals surface area contributed by atoms with E-state index < -0.39 is 11.2 Å². The Kier molecular flexibility index (Phi) is 6.10. The summed E-state index contributed by atoms with van der Waals surface area (Å²) in [6.07, 6.45) is 1.27. The first-order valence-electron chi connectivity index (χ1n) is 8.57. The molecule has 1 amide bonds. The van der Waals surface area contributed by atoms with Gasteiger partial charge < -0.3 is 15.2 Å². The van der Waals surface area contributed by atoms with Crippen molar-refractivity contribution in [2.75, 3.05) is 0 Å². The van der Waals surface area contributed by atoms with Gasteiger partial charge in [0.1, 0.15) is 16.7 Å². The fourth-order valence-electron chi connectivity index (χ4n) is 2.47. The van der Waals surface area contributed by atoms with Crippen LogP contribution in [0.15, 0.2) is 52.7 Å². The van der Waals surface area contributed by atoms with Crippen molar-refractivity contribution < 1.29 is 19.4 Å². The average molecular weight is 397 g/mol. The number of aryl methyl sites for hydroxylation is 2. The molecule has 7 nitrogen and oxygen atoms in total. The second-order valence-electron chi connectivity index (χ2n) is 6.23. The highest BCUT2D eigenvalue weighted by Gasteiger charge is 2.32. The number of carboxylic acids is 1. The lowest BCUT2D eigenvalue weighted by molar-refractivity contribution is -0.138. The van der Waals surface area contributed by atoms with Gasteiger partial charge in [0.2, 0.25) is 5.91 Å². The van der Waals surface area contributed by atoms with Crippen LogP contribution in [0.2, 0.25) is 0 Å². The minimum atomic E-state index is -1.03. The van der Waals surface area contributed by atoms with Gasteiger partial charge in [0.15, 0.2) is 5.17 Å². The molecule has 1 atom stereocenters. The summed E-state index contributed by atoms with van der Waals surface area (Å²) in [5.74, 6) is -0.0541. The maximum Gasteiger partial charge on any atom is 0.305 e. The summed E-state index contributed by atoms with van der Waals surface area (Å²) in [5.41, 5.74) is 3.05. The molecule has 1 fully saturated rings. The van der Waals surface area contributed by atoms with Crippen LogP contribution in [0.1, 0.15) is 23.1 Å². The van der Waals surface area contributed by atoms with E-state index in [9.17, 15) is 9.59 Å². The molecular weight excluding hydrogens is 378 g/mol. The number of benzene rings is 2. The normalized spacial score (nSPS) is 17.9. The molecule has 0 aliphatic carbocycles. The summed E-state index contributed by atoms with van der Waals surface area (Å²) in [7, 11) is 0. The van der Waals surface area contributed by atoms with Gasteiger partial charge in [-0.05, 0) is 49.2 Å². The molecule has 2 aromatic rings.